The van der Waals surface area contributed by atoms with Gasteiger partial charge in [-0.3, -0.25) is 4.79 Å². The Hall–Kier alpha value is -1.59. The van der Waals surface area contributed by atoms with Crippen molar-refractivity contribution in [1.29, 1.82) is 0 Å². The molecule has 0 fully saturated rings. The second kappa shape index (κ2) is 10.2. The van der Waals surface area contributed by atoms with Gasteiger partial charge >= 0.3 is 0 Å². The molecule has 1 amide bonds. The van der Waals surface area contributed by atoms with Crippen LogP contribution in [0.1, 0.15) is 18.9 Å². The van der Waals surface area contributed by atoms with Crippen molar-refractivity contribution in [2.24, 2.45) is 0 Å². The van der Waals surface area contributed by atoms with Gasteiger partial charge in [0, 0.05) is 26.7 Å². The molecule has 0 spiro atoms. The summed E-state index contributed by atoms with van der Waals surface area (Å²) in [5.41, 5.74) is 1.15. The van der Waals surface area contributed by atoms with E-state index >= 15 is 0 Å². The molecule has 1 rings (SSSR count). The highest BCUT2D eigenvalue weighted by Gasteiger charge is 2.01. The normalized spacial score (nSPS) is 10.3. The standard InChI is InChI=1S/C15H24N2O3/c1-3-17-15(18)7-9-20-14-6-4-5-13(11-14)12-16-8-10-19-2/h4-6,11,16H,3,7-10,12H2,1-2H3,(H,17,18). The van der Waals surface area contributed by atoms with Crippen LogP contribution in [0.25, 0.3) is 0 Å². The van der Waals surface area contributed by atoms with Crippen molar-refractivity contribution in [2.75, 3.05) is 33.4 Å². The predicted octanol–water partition coefficient (Wildman–Crippen LogP) is 1.33. The summed E-state index contributed by atoms with van der Waals surface area (Å²) in [7, 11) is 1.69. The van der Waals surface area contributed by atoms with Crippen LogP contribution in [0, 0.1) is 0 Å². The van der Waals surface area contributed by atoms with Crippen LogP contribution in [0.2, 0.25) is 0 Å². The van der Waals surface area contributed by atoms with Crippen LogP contribution in [-0.4, -0.2) is 39.3 Å². The minimum Gasteiger partial charge on any atom is -0.493 e. The molecule has 112 valence electrons. The third kappa shape index (κ3) is 7.11. The summed E-state index contributed by atoms with van der Waals surface area (Å²) in [6.45, 7) is 5.24. The van der Waals surface area contributed by atoms with Gasteiger partial charge in [0.25, 0.3) is 0 Å². The lowest BCUT2D eigenvalue weighted by atomic mass is 10.2. The number of rotatable bonds is 10. The lowest BCUT2D eigenvalue weighted by Crippen LogP contribution is -2.24. The molecule has 20 heavy (non-hydrogen) atoms. The third-order valence-corrected chi connectivity index (χ3v) is 2.68. The van der Waals surface area contributed by atoms with Crippen LogP contribution in [0.3, 0.4) is 0 Å². The Kier molecular flexibility index (Phi) is 8.42. The molecule has 0 aliphatic rings. The third-order valence-electron chi connectivity index (χ3n) is 2.68. The van der Waals surface area contributed by atoms with Crippen molar-refractivity contribution in [2.45, 2.75) is 19.9 Å². The van der Waals surface area contributed by atoms with Crippen molar-refractivity contribution in [3.05, 3.63) is 29.8 Å². The van der Waals surface area contributed by atoms with Crippen LogP contribution in [0.5, 0.6) is 5.75 Å². The fraction of sp³-hybridized carbons (Fsp3) is 0.533. The predicted molar refractivity (Wildman–Crippen MR) is 78.8 cm³/mol. The van der Waals surface area contributed by atoms with Crippen molar-refractivity contribution in [1.82, 2.24) is 10.6 Å². The number of benzene rings is 1. The minimum atomic E-state index is 0.0184. The molecular formula is C15H24N2O3. The first kappa shape index (κ1) is 16.5. The number of nitrogens with one attached hydrogen (secondary N) is 2. The summed E-state index contributed by atoms with van der Waals surface area (Å²) < 4.78 is 10.6. The molecule has 5 nitrogen and oxygen atoms in total. The fourth-order valence-corrected chi connectivity index (χ4v) is 1.70. The first-order chi connectivity index (χ1) is 9.76. The average molecular weight is 280 g/mol. The summed E-state index contributed by atoms with van der Waals surface area (Å²) in [4.78, 5) is 11.3. The van der Waals surface area contributed by atoms with E-state index in [2.05, 4.69) is 10.6 Å². The maximum atomic E-state index is 11.3. The zero-order valence-electron chi connectivity index (χ0n) is 12.3. The Morgan fingerprint density at radius 1 is 1.30 bits per heavy atom. The van der Waals surface area contributed by atoms with Gasteiger partial charge in [0.05, 0.1) is 19.6 Å². The molecule has 0 aliphatic carbocycles. The molecule has 1 aromatic carbocycles. The van der Waals surface area contributed by atoms with Gasteiger partial charge in [-0.25, -0.2) is 0 Å². The first-order valence-electron chi connectivity index (χ1n) is 6.94. The van der Waals surface area contributed by atoms with Crippen LogP contribution in [0.4, 0.5) is 0 Å². The molecule has 2 N–H and O–H groups in total. The van der Waals surface area contributed by atoms with Gasteiger partial charge in [0.1, 0.15) is 5.75 Å². The summed E-state index contributed by atoms with van der Waals surface area (Å²) in [5, 5.41) is 6.02. The number of hydrogen-bond donors (Lipinski definition) is 2. The van der Waals surface area contributed by atoms with Crippen LogP contribution in [0.15, 0.2) is 24.3 Å². The van der Waals surface area contributed by atoms with E-state index in [1.54, 1.807) is 7.11 Å². The van der Waals surface area contributed by atoms with Crippen LogP contribution < -0.4 is 15.4 Å². The van der Waals surface area contributed by atoms with Crippen LogP contribution >= 0.6 is 0 Å². The van der Waals surface area contributed by atoms with Crippen molar-refractivity contribution >= 4 is 5.91 Å². The second-order valence-electron chi connectivity index (χ2n) is 4.37. The lowest BCUT2D eigenvalue weighted by molar-refractivity contribution is -0.121. The van der Waals surface area contributed by atoms with Gasteiger partial charge < -0.3 is 20.1 Å². The topological polar surface area (TPSA) is 59.6 Å². The highest BCUT2D eigenvalue weighted by atomic mass is 16.5. The van der Waals surface area contributed by atoms with Crippen molar-refractivity contribution in [3.63, 3.8) is 0 Å². The molecule has 0 heterocycles. The molecule has 0 saturated heterocycles. The molecule has 5 heteroatoms. The zero-order valence-corrected chi connectivity index (χ0v) is 12.3. The molecule has 1 aromatic rings. The van der Waals surface area contributed by atoms with Gasteiger partial charge in [-0.05, 0) is 24.6 Å². The SMILES string of the molecule is CCNC(=O)CCOc1cccc(CNCCOC)c1. The van der Waals surface area contributed by atoms with E-state index in [0.717, 1.165) is 24.4 Å². The molecule has 0 bridgehead atoms. The van der Waals surface area contributed by atoms with Gasteiger partial charge in [-0.15, -0.1) is 0 Å². The van der Waals surface area contributed by atoms with E-state index in [4.69, 9.17) is 9.47 Å². The van der Waals surface area contributed by atoms with E-state index in [1.807, 2.05) is 31.2 Å². The molecule has 0 aromatic heterocycles. The molecule has 0 atom stereocenters. The zero-order chi connectivity index (χ0) is 14.6. The fourth-order valence-electron chi connectivity index (χ4n) is 1.70. The summed E-state index contributed by atoms with van der Waals surface area (Å²) in [5.74, 6) is 0.810. The first-order valence-corrected chi connectivity index (χ1v) is 6.94. The van der Waals surface area contributed by atoms with E-state index < -0.39 is 0 Å². The molecular weight excluding hydrogens is 256 g/mol. The second-order valence-corrected chi connectivity index (χ2v) is 4.37. The molecule has 0 aliphatic heterocycles. The Morgan fingerprint density at radius 2 is 2.15 bits per heavy atom. The van der Waals surface area contributed by atoms with Crippen LogP contribution in [-0.2, 0) is 16.1 Å². The van der Waals surface area contributed by atoms with E-state index in [9.17, 15) is 4.79 Å². The Balaban J connectivity index is 2.30. The van der Waals surface area contributed by atoms with Gasteiger partial charge in [-0.1, -0.05) is 12.1 Å². The van der Waals surface area contributed by atoms with E-state index in [-0.39, 0.29) is 5.91 Å². The van der Waals surface area contributed by atoms with Crippen molar-refractivity contribution in [3.8, 4) is 5.75 Å². The van der Waals surface area contributed by atoms with Gasteiger partial charge in [-0.2, -0.15) is 0 Å². The highest BCUT2D eigenvalue weighted by molar-refractivity contribution is 5.75. The number of ether oxygens (including phenoxy) is 2. The quantitative estimate of drug-likeness (QED) is 0.635. The summed E-state index contributed by atoms with van der Waals surface area (Å²) in [6, 6.07) is 7.87. The summed E-state index contributed by atoms with van der Waals surface area (Å²) in [6.07, 6.45) is 0.379. The van der Waals surface area contributed by atoms with Gasteiger partial charge in [0.15, 0.2) is 0 Å². The number of amides is 1. The largest absolute Gasteiger partial charge is 0.493 e. The number of hydrogen-bond acceptors (Lipinski definition) is 4. The molecule has 0 saturated carbocycles. The number of methoxy groups -OCH3 is 1. The lowest BCUT2D eigenvalue weighted by Gasteiger charge is -2.09. The highest BCUT2D eigenvalue weighted by Crippen LogP contribution is 2.13. The van der Waals surface area contributed by atoms with E-state index in [0.29, 0.717) is 26.2 Å². The Morgan fingerprint density at radius 3 is 2.90 bits per heavy atom. The van der Waals surface area contributed by atoms with Crippen molar-refractivity contribution < 1.29 is 14.3 Å². The molecule has 0 radical (unpaired) electrons. The maximum absolute atomic E-state index is 11.3. The summed E-state index contributed by atoms with van der Waals surface area (Å²) >= 11 is 0. The Labute approximate surface area is 120 Å². The minimum absolute atomic E-state index is 0.0184. The smallest absolute Gasteiger partial charge is 0.223 e. The number of carbonyl (C=O) groups excluding carboxylic acids is 1. The molecule has 0 unspecified atom stereocenters. The average Bonchev–Trinajstić information content (AvgIpc) is 2.44. The van der Waals surface area contributed by atoms with E-state index in [1.165, 1.54) is 0 Å². The monoisotopic (exact) mass is 280 g/mol. The maximum Gasteiger partial charge on any atom is 0.223 e. The Bertz CT molecular complexity index is 396. The van der Waals surface area contributed by atoms with Gasteiger partial charge in [0.2, 0.25) is 5.91 Å². The number of carbonyl (C=O) groups is 1.